The second-order valence-corrected chi connectivity index (χ2v) is 10.5. The van der Waals surface area contributed by atoms with Crippen molar-refractivity contribution < 1.29 is 9.53 Å². The lowest BCUT2D eigenvalue weighted by atomic mass is 10.2. The minimum absolute atomic E-state index is 0.0749. The molecule has 1 aromatic carbocycles. The Hall–Kier alpha value is -2.19. The fourth-order valence-electron chi connectivity index (χ4n) is 2.88. The third-order valence-electron chi connectivity index (χ3n) is 4.63. The van der Waals surface area contributed by atoms with E-state index in [-0.39, 0.29) is 11.8 Å². The van der Waals surface area contributed by atoms with Gasteiger partial charge in [0.15, 0.2) is 5.82 Å². The molecule has 1 unspecified atom stereocenters. The third kappa shape index (κ3) is 5.01. The van der Waals surface area contributed by atoms with Gasteiger partial charge in [-0.2, -0.15) is 15.0 Å². The molecule has 0 saturated heterocycles. The molecule has 1 saturated carbocycles. The summed E-state index contributed by atoms with van der Waals surface area (Å²) in [6.07, 6.45) is 3.53. The maximum Gasteiger partial charge on any atom is 0.252 e. The number of amides is 1. The number of rotatable bonds is 7. The summed E-state index contributed by atoms with van der Waals surface area (Å²) >= 11 is 16.7. The molecule has 8 nitrogen and oxygen atoms in total. The van der Waals surface area contributed by atoms with Crippen LogP contribution in [0.1, 0.15) is 40.4 Å². The number of thiazole rings is 1. The van der Waals surface area contributed by atoms with Crippen LogP contribution < -0.4 is 10.1 Å². The summed E-state index contributed by atoms with van der Waals surface area (Å²) in [4.78, 5) is 21.7. The molecule has 1 amide bonds. The second kappa shape index (κ2) is 8.74. The van der Waals surface area contributed by atoms with E-state index in [1.54, 1.807) is 25.1 Å². The summed E-state index contributed by atoms with van der Waals surface area (Å²) in [6, 6.07) is 6.71. The van der Waals surface area contributed by atoms with Gasteiger partial charge in [-0.05, 0) is 31.5 Å². The average molecular weight is 542 g/mol. The first-order valence-electron chi connectivity index (χ1n) is 9.15. The molecule has 0 aliphatic heterocycles. The minimum Gasteiger partial charge on any atom is -0.493 e. The molecule has 1 aliphatic rings. The Balaban J connectivity index is 1.46. The summed E-state index contributed by atoms with van der Waals surface area (Å²) in [5.74, 6) is 0.803. The molecule has 1 aliphatic carbocycles. The van der Waals surface area contributed by atoms with Gasteiger partial charge < -0.3 is 10.1 Å². The molecular weight excluding hydrogens is 527 g/mol. The van der Waals surface area contributed by atoms with Gasteiger partial charge in [-0.25, -0.2) is 9.97 Å². The number of benzene rings is 1. The number of halogens is 3. The van der Waals surface area contributed by atoms with Crippen molar-refractivity contribution in [3.63, 3.8) is 0 Å². The molecule has 0 spiro atoms. The van der Waals surface area contributed by atoms with Crippen molar-refractivity contribution in [3.8, 4) is 17.0 Å². The number of carbonyl (C=O) groups excluding carboxylic acids is 1. The van der Waals surface area contributed by atoms with E-state index in [1.807, 2.05) is 6.07 Å². The van der Waals surface area contributed by atoms with Gasteiger partial charge in [0, 0.05) is 16.0 Å². The molecule has 0 radical (unpaired) electrons. The molecule has 160 valence electrons. The molecule has 12 heteroatoms. The van der Waals surface area contributed by atoms with Gasteiger partial charge in [0.1, 0.15) is 27.4 Å². The van der Waals surface area contributed by atoms with Crippen molar-refractivity contribution in [3.05, 3.63) is 51.5 Å². The van der Waals surface area contributed by atoms with Crippen LogP contribution in [0.3, 0.4) is 0 Å². The van der Waals surface area contributed by atoms with Crippen molar-refractivity contribution in [1.29, 1.82) is 5.26 Å². The van der Waals surface area contributed by atoms with E-state index in [9.17, 15) is 4.79 Å². The maximum absolute atomic E-state index is 12.9. The molecule has 31 heavy (non-hydrogen) atoms. The van der Waals surface area contributed by atoms with Crippen molar-refractivity contribution in [2.24, 2.45) is 5.92 Å². The largest absolute Gasteiger partial charge is 0.493 e. The first-order valence-corrected chi connectivity index (χ1v) is 11.5. The maximum atomic E-state index is 12.9. The number of hydrogen-bond acceptors (Lipinski definition) is 7. The number of nitriles is 1. The van der Waals surface area contributed by atoms with Crippen LogP contribution in [0, 0.1) is 17.2 Å². The van der Waals surface area contributed by atoms with Gasteiger partial charge in [0.25, 0.3) is 5.91 Å². The number of carbonyl (C=O) groups is 1. The van der Waals surface area contributed by atoms with E-state index in [2.05, 4.69) is 36.3 Å². The summed E-state index contributed by atoms with van der Waals surface area (Å²) in [5.41, 5.74) is 0.419. The highest BCUT2D eigenvalue weighted by atomic mass is 79.9. The van der Waals surface area contributed by atoms with Crippen LogP contribution in [0.2, 0.25) is 0 Å². The Morgan fingerprint density at radius 1 is 1.48 bits per heavy atom. The van der Waals surface area contributed by atoms with E-state index in [0.717, 1.165) is 0 Å². The highest BCUT2D eigenvalue weighted by Crippen LogP contribution is 2.53. The SMILES string of the molecule is C[C@H](NC(=O)c1cc(Br)cc(OCC2CC2(Cl)Cl)c1)c1ncnn1-c1ncc(C#N)s1. The third-order valence-corrected chi connectivity index (χ3v) is 6.90. The monoisotopic (exact) mass is 540 g/mol. The molecule has 1 N–H and O–H groups in total. The zero-order chi connectivity index (χ0) is 22.2. The van der Waals surface area contributed by atoms with E-state index < -0.39 is 10.4 Å². The Kier molecular flexibility index (Phi) is 6.21. The van der Waals surface area contributed by atoms with Gasteiger partial charge in [-0.1, -0.05) is 27.3 Å². The Morgan fingerprint density at radius 2 is 2.26 bits per heavy atom. The van der Waals surface area contributed by atoms with Gasteiger partial charge >= 0.3 is 0 Å². The van der Waals surface area contributed by atoms with Gasteiger partial charge in [0.2, 0.25) is 5.13 Å². The fraction of sp³-hybridized carbons (Fsp3) is 0.316. The van der Waals surface area contributed by atoms with Crippen molar-refractivity contribution in [2.45, 2.75) is 23.7 Å². The van der Waals surface area contributed by atoms with Gasteiger partial charge in [-0.3, -0.25) is 4.79 Å². The van der Waals surface area contributed by atoms with E-state index in [1.165, 1.54) is 28.5 Å². The summed E-state index contributed by atoms with van der Waals surface area (Å²) < 4.78 is 7.26. The van der Waals surface area contributed by atoms with Crippen LogP contribution in [0.25, 0.3) is 5.13 Å². The number of hydrogen-bond donors (Lipinski definition) is 1. The van der Waals surface area contributed by atoms with Crippen LogP contribution in [0.15, 0.2) is 35.2 Å². The topological polar surface area (TPSA) is 106 Å². The zero-order valence-corrected chi connectivity index (χ0v) is 20.0. The van der Waals surface area contributed by atoms with Crippen molar-refractivity contribution in [1.82, 2.24) is 25.1 Å². The highest BCUT2D eigenvalue weighted by molar-refractivity contribution is 9.10. The quantitative estimate of drug-likeness (QED) is 0.444. The molecule has 2 heterocycles. The molecule has 4 rings (SSSR count). The van der Waals surface area contributed by atoms with E-state index in [0.29, 0.717) is 44.6 Å². The van der Waals surface area contributed by atoms with Crippen LogP contribution in [0.5, 0.6) is 5.75 Å². The molecule has 0 bridgehead atoms. The lowest BCUT2D eigenvalue weighted by Crippen LogP contribution is -2.28. The van der Waals surface area contributed by atoms with Crippen LogP contribution in [0.4, 0.5) is 0 Å². The first-order chi connectivity index (χ1) is 14.8. The highest BCUT2D eigenvalue weighted by Gasteiger charge is 2.52. The Labute approximate surface area is 200 Å². The Bertz CT molecular complexity index is 1170. The molecule has 1 fully saturated rings. The smallest absolute Gasteiger partial charge is 0.252 e. The normalized spacial score (nSPS) is 17.6. The Morgan fingerprint density at radius 3 is 2.94 bits per heavy atom. The van der Waals surface area contributed by atoms with E-state index >= 15 is 0 Å². The van der Waals surface area contributed by atoms with Crippen molar-refractivity contribution >= 4 is 56.4 Å². The number of aromatic nitrogens is 4. The van der Waals surface area contributed by atoms with E-state index in [4.69, 9.17) is 33.2 Å². The minimum atomic E-state index is -0.719. The molecule has 2 atom stereocenters. The lowest BCUT2D eigenvalue weighted by Gasteiger charge is -2.14. The van der Waals surface area contributed by atoms with Crippen molar-refractivity contribution in [2.75, 3.05) is 6.61 Å². The molecule has 3 aromatic rings. The lowest BCUT2D eigenvalue weighted by molar-refractivity contribution is 0.0937. The van der Waals surface area contributed by atoms with Gasteiger partial charge in [0.05, 0.1) is 18.8 Å². The molecular formula is C19H15BrCl2N6O2S. The number of nitrogens with zero attached hydrogens (tertiary/aromatic N) is 5. The summed E-state index contributed by atoms with van der Waals surface area (Å²) in [6.45, 7) is 2.17. The summed E-state index contributed by atoms with van der Waals surface area (Å²) in [5, 5.41) is 16.6. The predicted octanol–water partition coefficient (Wildman–Crippen LogP) is 4.42. The van der Waals surface area contributed by atoms with Crippen LogP contribution in [-0.4, -0.2) is 36.6 Å². The summed E-state index contributed by atoms with van der Waals surface area (Å²) in [7, 11) is 0. The first kappa shape index (κ1) is 22.0. The van der Waals surface area contributed by atoms with Crippen LogP contribution in [-0.2, 0) is 0 Å². The fourth-order valence-corrected chi connectivity index (χ4v) is 4.53. The standard InChI is InChI=1S/C19H15BrCl2N6O2S/c1-10(16-25-9-26-28(16)18-24-7-15(6-23)31-18)27-17(29)11-2-13(20)4-14(3-11)30-8-12-5-19(12,21)22/h2-4,7,9-10,12H,5,8H2,1H3,(H,27,29)/t10-,12?/m0/s1. The average Bonchev–Trinajstić information content (AvgIpc) is 3.15. The number of nitrogens with one attached hydrogen (secondary N) is 1. The van der Waals surface area contributed by atoms with Gasteiger partial charge in [-0.15, -0.1) is 23.2 Å². The number of ether oxygens (including phenoxy) is 1. The second-order valence-electron chi connectivity index (χ2n) is 6.99. The zero-order valence-electron chi connectivity index (χ0n) is 16.1. The number of alkyl halides is 2. The van der Waals surface area contributed by atoms with Crippen LogP contribution >= 0.6 is 50.5 Å². The molecule has 2 aromatic heterocycles. The predicted molar refractivity (Wildman–Crippen MR) is 120 cm³/mol.